The van der Waals surface area contributed by atoms with Gasteiger partial charge in [-0.2, -0.15) is 0 Å². The van der Waals surface area contributed by atoms with Crippen LogP contribution in [0.2, 0.25) is 0 Å². The monoisotopic (exact) mass is 199 g/mol. The standard InChI is InChI=1S/C12H25NO/c1-5-11(6-2)9-13-10-12(7-3,8-4)14-11/h13H,5-10H2,1-4H3. The molecule has 0 saturated carbocycles. The predicted octanol–water partition coefficient (Wildman–Crippen LogP) is 2.72. The van der Waals surface area contributed by atoms with Crippen molar-refractivity contribution < 1.29 is 4.74 Å². The second-order valence-electron chi connectivity index (χ2n) is 4.49. The highest BCUT2D eigenvalue weighted by atomic mass is 16.5. The van der Waals surface area contributed by atoms with Crippen LogP contribution in [0.4, 0.5) is 0 Å². The summed E-state index contributed by atoms with van der Waals surface area (Å²) in [5.41, 5.74) is 0.175. The summed E-state index contributed by atoms with van der Waals surface area (Å²) < 4.78 is 6.40. The molecule has 0 unspecified atom stereocenters. The first-order valence-corrected chi connectivity index (χ1v) is 6.07. The van der Waals surface area contributed by atoms with Crippen molar-refractivity contribution in [3.05, 3.63) is 0 Å². The molecule has 0 aromatic heterocycles. The number of ether oxygens (including phenoxy) is 1. The molecule has 1 aliphatic rings. The zero-order chi connectivity index (χ0) is 10.7. The molecule has 0 radical (unpaired) electrons. The van der Waals surface area contributed by atoms with Gasteiger partial charge in [-0.3, -0.25) is 0 Å². The average Bonchev–Trinajstić information content (AvgIpc) is 2.29. The summed E-state index contributed by atoms with van der Waals surface area (Å²) in [7, 11) is 0. The Kier molecular flexibility index (Phi) is 3.96. The molecular formula is C12H25NO. The lowest BCUT2D eigenvalue weighted by molar-refractivity contribution is -0.184. The molecule has 0 atom stereocenters. The lowest BCUT2D eigenvalue weighted by Gasteiger charge is -2.48. The summed E-state index contributed by atoms with van der Waals surface area (Å²) in [5, 5.41) is 3.55. The number of nitrogens with one attached hydrogen (secondary N) is 1. The second-order valence-corrected chi connectivity index (χ2v) is 4.49. The largest absolute Gasteiger partial charge is 0.366 e. The zero-order valence-electron chi connectivity index (χ0n) is 10.2. The summed E-state index contributed by atoms with van der Waals surface area (Å²) >= 11 is 0. The maximum Gasteiger partial charge on any atom is 0.0809 e. The highest BCUT2D eigenvalue weighted by molar-refractivity contribution is 4.94. The molecule has 1 aliphatic heterocycles. The van der Waals surface area contributed by atoms with Crippen molar-refractivity contribution in [2.75, 3.05) is 13.1 Å². The summed E-state index contributed by atoms with van der Waals surface area (Å²) in [6, 6.07) is 0. The van der Waals surface area contributed by atoms with Crippen LogP contribution < -0.4 is 5.32 Å². The van der Waals surface area contributed by atoms with Crippen LogP contribution in [0.1, 0.15) is 53.4 Å². The number of morpholine rings is 1. The van der Waals surface area contributed by atoms with Crippen LogP contribution in [-0.4, -0.2) is 24.3 Å². The van der Waals surface area contributed by atoms with Crippen LogP contribution in [-0.2, 0) is 4.74 Å². The summed E-state index contributed by atoms with van der Waals surface area (Å²) in [6.45, 7) is 10.9. The Hall–Kier alpha value is -0.0800. The fourth-order valence-corrected chi connectivity index (χ4v) is 2.34. The predicted molar refractivity (Wildman–Crippen MR) is 60.6 cm³/mol. The Morgan fingerprint density at radius 2 is 1.21 bits per heavy atom. The van der Waals surface area contributed by atoms with Crippen LogP contribution in [0, 0.1) is 0 Å². The molecule has 2 heteroatoms. The molecule has 0 aromatic carbocycles. The molecule has 1 N–H and O–H groups in total. The Labute approximate surface area is 88.4 Å². The van der Waals surface area contributed by atoms with Crippen LogP contribution in [0.25, 0.3) is 0 Å². The topological polar surface area (TPSA) is 21.3 Å². The quantitative estimate of drug-likeness (QED) is 0.751. The van der Waals surface area contributed by atoms with Gasteiger partial charge in [0.05, 0.1) is 11.2 Å². The van der Waals surface area contributed by atoms with Crippen molar-refractivity contribution >= 4 is 0 Å². The minimum absolute atomic E-state index is 0.0876. The fraction of sp³-hybridized carbons (Fsp3) is 1.00. The van der Waals surface area contributed by atoms with E-state index in [2.05, 4.69) is 33.0 Å². The van der Waals surface area contributed by atoms with Gasteiger partial charge >= 0.3 is 0 Å². The van der Waals surface area contributed by atoms with E-state index in [0.29, 0.717) is 0 Å². The fourth-order valence-electron chi connectivity index (χ4n) is 2.34. The van der Waals surface area contributed by atoms with Gasteiger partial charge in [0.1, 0.15) is 0 Å². The Morgan fingerprint density at radius 3 is 1.50 bits per heavy atom. The van der Waals surface area contributed by atoms with Crippen molar-refractivity contribution in [2.45, 2.75) is 64.6 Å². The van der Waals surface area contributed by atoms with E-state index in [0.717, 1.165) is 38.8 Å². The van der Waals surface area contributed by atoms with Gasteiger partial charge in [-0.1, -0.05) is 27.7 Å². The highest BCUT2D eigenvalue weighted by Gasteiger charge is 2.41. The molecule has 1 heterocycles. The van der Waals surface area contributed by atoms with E-state index in [-0.39, 0.29) is 11.2 Å². The van der Waals surface area contributed by atoms with E-state index in [1.807, 2.05) is 0 Å². The molecule has 14 heavy (non-hydrogen) atoms. The van der Waals surface area contributed by atoms with Crippen molar-refractivity contribution in [1.82, 2.24) is 5.32 Å². The van der Waals surface area contributed by atoms with E-state index in [9.17, 15) is 0 Å². The van der Waals surface area contributed by atoms with Gasteiger partial charge < -0.3 is 10.1 Å². The highest BCUT2D eigenvalue weighted by Crippen LogP contribution is 2.33. The van der Waals surface area contributed by atoms with Gasteiger partial charge in [-0.25, -0.2) is 0 Å². The third-order valence-electron chi connectivity index (χ3n) is 3.90. The molecular weight excluding hydrogens is 174 g/mol. The summed E-state index contributed by atoms with van der Waals surface area (Å²) in [6.07, 6.45) is 4.44. The normalized spacial score (nSPS) is 24.9. The van der Waals surface area contributed by atoms with Crippen molar-refractivity contribution in [3.63, 3.8) is 0 Å². The third kappa shape index (κ3) is 2.12. The molecule has 1 rings (SSSR count). The summed E-state index contributed by atoms with van der Waals surface area (Å²) in [5.74, 6) is 0. The third-order valence-corrected chi connectivity index (χ3v) is 3.90. The molecule has 0 bridgehead atoms. The van der Waals surface area contributed by atoms with Crippen LogP contribution in [0.5, 0.6) is 0 Å². The van der Waals surface area contributed by atoms with Crippen molar-refractivity contribution in [1.29, 1.82) is 0 Å². The summed E-state index contributed by atoms with van der Waals surface area (Å²) in [4.78, 5) is 0. The van der Waals surface area contributed by atoms with E-state index < -0.39 is 0 Å². The Balaban J connectivity index is 2.75. The van der Waals surface area contributed by atoms with E-state index in [4.69, 9.17) is 4.74 Å². The smallest absolute Gasteiger partial charge is 0.0809 e. The molecule has 0 spiro atoms. The molecule has 1 fully saturated rings. The molecule has 0 aliphatic carbocycles. The van der Waals surface area contributed by atoms with E-state index in [1.54, 1.807) is 0 Å². The number of hydrogen-bond acceptors (Lipinski definition) is 2. The lowest BCUT2D eigenvalue weighted by Crippen LogP contribution is -2.59. The first-order chi connectivity index (χ1) is 6.66. The Morgan fingerprint density at radius 1 is 0.857 bits per heavy atom. The number of rotatable bonds is 4. The van der Waals surface area contributed by atoms with E-state index in [1.165, 1.54) is 0 Å². The Bertz CT molecular complexity index is 153. The minimum Gasteiger partial charge on any atom is -0.366 e. The maximum atomic E-state index is 6.40. The van der Waals surface area contributed by atoms with Gasteiger partial charge in [0, 0.05) is 13.1 Å². The first kappa shape index (κ1) is 12.0. The SMILES string of the molecule is CCC1(CC)CNCC(CC)(CC)O1. The molecule has 2 nitrogen and oxygen atoms in total. The average molecular weight is 199 g/mol. The van der Waals surface area contributed by atoms with Crippen molar-refractivity contribution in [3.8, 4) is 0 Å². The van der Waals surface area contributed by atoms with Gasteiger partial charge in [0.25, 0.3) is 0 Å². The van der Waals surface area contributed by atoms with Gasteiger partial charge in [0.15, 0.2) is 0 Å². The van der Waals surface area contributed by atoms with Crippen LogP contribution in [0.15, 0.2) is 0 Å². The van der Waals surface area contributed by atoms with Crippen LogP contribution >= 0.6 is 0 Å². The second kappa shape index (κ2) is 4.63. The minimum atomic E-state index is 0.0876. The van der Waals surface area contributed by atoms with Crippen LogP contribution in [0.3, 0.4) is 0 Å². The lowest BCUT2D eigenvalue weighted by atomic mass is 9.88. The van der Waals surface area contributed by atoms with Crippen molar-refractivity contribution in [2.24, 2.45) is 0 Å². The zero-order valence-corrected chi connectivity index (χ0v) is 10.2. The van der Waals surface area contributed by atoms with E-state index >= 15 is 0 Å². The first-order valence-electron chi connectivity index (χ1n) is 6.07. The van der Waals surface area contributed by atoms with Gasteiger partial charge in [-0.05, 0) is 25.7 Å². The number of hydrogen-bond donors (Lipinski definition) is 1. The van der Waals surface area contributed by atoms with Gasteiger partial charge in [0.2, 0.25) is 0 Å². The molecule has 0 amide bonds. The molecule has 1 saturated heterocycles. The van der Waals surface area contributed by atoms with Gasteiger partial charge in [-0.15, -0.1) is 0 Å². The molecule has 84 valence electrons. The maximum absolute atomic E-state index is 6.40. The molecule has 0 aromatic rings.